The van der Waals surface area contributed by atoms with Crippen LogP contribution in [0.15, 0.2) is 85.5 Å². The molecular formula is C25H28N4O. The molecule has 1 heterocycles. The number of allylic oxidation sites excluding steroid dienone is 2. The lowest BCUT2D eigenvalue weighted by Gasteiger charge is -2.12. The molecule has 0 fully saturated rings. The number of aryl methyl sites for hydroxylation is 1. The summed E-state index contributed by atoms with van der Waals surface area (Å²) in [6, 6.07) is 17.9. The van der Waals surface area contributed by atoms with Crippen LogP contribution < -0.4 is 15.4 Å². The Kier molecular flexibility index (Phi) is 7.22. The number of ether oxygens (including phenoxy) is 1. The van der Waals surface area contributed by atoms with Gasteiger partial charge < -0.3 is 15.4 Å². The lowest BCUT2D eigenvalue weighted by atomic mass is 10.1. The molecule has 5 nitrogen and oxygen atoms in total. The van der Waals surface area contributed by atoms with Crippen LogP contribution >= 0.6 is 0 Å². The highest BCUT2D eigenvalue weighted by Gasteiger charge is 2.04. The van der Waals surface area contributed by atoms with Crippen LogP contribution in [0.5, 0.6) is 11.6 Å². The van der Waals surface area contributed by atoms with Gasteiger partial charge in [0.2, 0.25) is 5.88 Å². The molecule has 0 aliphatic carbocycles. The minimum Gasteiger partial charge on any atom is -0.439 e. The standard InChI is InChI=1S/C25H28N4O/c1-5-7-19(3)29-24-16-25(27-17-26-24)30-23-12-10-22(11-13-23)28-20(4)15-21-9-6-8-18(2)14-21/h6,8-14,16-17,28H,3-5,7,15H2,1-2H3,(H,26,27,29). The van der Waals surface area contributed by atoms with E-state index in [1.54, 1.807) is 6.07 Å². The molecule has 0 aliphatic heterocycles. The molecular weight excluding hydrogens is 372 g/mol. The molecule has 3 aromatic rings. The van der Waals surface area contributed by atoms with Crippen molar-refractivity contribution in [2.24, 2.45) is 0 Å². The van der Waals surface area contributed by atoms with Gasteiger partial charge in [0.25, 0.3) is 0 Å². The number of hydrogen-bond donors (Lipinski definition) is 2. The number of anilines is 2. The maximum atomic E-state index is 5.86. The van der Waals surface area contributed by atoms with Gasteiger partial charge in [-0.05, 0) is 43.2 Å². The highest BCUT2D eigenvalue weighted by atomic mass is 16.5. The molecule has 0 bridgehead atoms. The van der Waals surface area contributed by atoms with Crippen LogP contribution in [0.25, 0.3) is 0 Å². The molecule has 0 unspecified atom stereocenters. The molecule has 2 aromatic carbocycles. The van der Waals surface area contributed by atoms with Crippen molar-refractivity contribution in [2.75, 3.05) is 10.6 Å². The zero-order chi connectivity index (χ0) is 21.3. The number of benzene rings is 2. The average Bonchev–Trinajstić information content (AvgIpc) is 2.70. The topological polar surface area (TPSA) is 59.1 Å². The number of nitrogens with zero attached hydrogens (tertiary/aromatic N) is 2. The number of rotatable bonds is 10. The maximum Gasteiger partial charge on any atom is 0.224 e. The van der Waals surface area contributed by atoms with Crippen LogP contribution in [0.2, 0.25) is 0 Å². The van der Waals surface area contributed by atoms with Crippen molar-refractivity contribution in [3.05, 3.63) is 96.6 Å². The molecule has 0 atom stereocenters. The summed E-state index contributed by atoms with van der Waals surface area (Å²) in [6.07, 6.45) is 4.17. The van der Waals surface area contributed by atoms with Gasteiger partial charge in [0.1, 0.15) is 17.9 Å². The van der Waals surface area contributed by atoms with Crippen molar-refractivity contribution in [1.82, 2.24) is 9.97 Å². The van der Waals surface area contributed by atoms with Gasteiger partial charge >= 0.3 is 0 Å². The monoisotopic (exact) mass is 400 g/mol. The summed E-state index contributed by atoms with van der Waals surface area (Å²) < 4.78 is 5.86. The van der Waals surface area contributed by atoms with E-state index >= 15 is 0 Å². The Morgan fingerprint density at radius 3 is 2.50 bits per heavy atom. The molecule has 0 radical (unpaired) electrons. The fourth-order valence-corrected chi connectivity index (χ4v) is 3.05. The number of aromatic nitrogens is 2. The van der Waals surface area contributed by atoms with Crippen molar-refractivity contribution in [2.45, 2.75) is 33.1 Å². The Labute approximate surface area is 178 Å². The Bertz CT molecular complexity index is 1010. The Morgan fingerprint density at radius 1 is 0.967 bits per heavy atom. The summed E-state index contributed by atoms with van der Waals surface area (Å²) in [6.45, 7) is 12.3. The third-order valence-electron chi connectivity index (χ3n) is 4.40. The van der Waals surface area contributed by atoms with E-state index < -0.39 is 0 Å². The first kappa shape index (κ1) is 21.1. The molecule has 0 spiro atoms. The van der Waals surface area contributed by atoms with E-state index in [4.69, 9.17) is 4.74 Å². The summed E-state index contributed by atoms with van der Waals surface area (Å²) in [5.41, 5.74) is 5.30. The molecule has 0 amide bonds. The zero-order valence-electron chi connectivity index (χ0n) is 17.6. The molecule has 5 heteroatoms. The lowest BCUT2D eigenvalue weighted by molar-refractivity contribution is 0.462. The fraction of sp³-hybridized carbons (Fsp3) is 0.200. The summed E-state index contributed by atoms with van der Waals surface area (Å²) in [7, 11) is 0. The van der Waals surface area contributed by atoms with Crippen LogP contribution in [-0.4, -0.2) is 9.97 Å². The Morgan fingerprint density at radius 2 is 1.77 bits per heavy atom. The maximum absolute atomic E-state index is 5.86. The second-order valence-corrected chi connectivity index (χ2v) is 7.24. The van der Waals surface area contributed by atoms with E-state index in [-0.39, 0.29) is 0 Å². The molecule has 0 saturated heterocycles. The summed E-state index contributed by atoms with van der Waals surface area (Å²) in [5, 5.41) is 6.53. The molecule has 0 aliphatic rings. The highest BCUT2D eigenvalue weighted by molar-refractivity contribution is 5.51. The van der Waals surface area contributed by atoms with Gasteiger partial charge in [-0.15, -0.1) is 0 Å². The third kappa shape index (κ3) is 6.48. The van der Waals surface area contributed by atoms with Crippen LogP contribution in [0.4, 0.5) is 11.5 Å². The van der Waals surface area contributed by atoms with Crippen molar-refractivity contribution in [1.29, 1.82) is 0 Å². The van der Waals surface area contributed by atoms with Gasteiger partial charge in [0.05, 0.1) is 0 Å². The van der Waals surface area contributed by atoms with Crippen LogP contribution in [0.1, 0.15) is 30.9 Å². The predicted molar refractivity (Wildman–Crippen MR) is 124 cm³/mol. The first-order chi connectivity index (χ1) is 14.5. The summed E-state index contributed by atoms with van der Waals surface area (Å²) in [5.74, 6) is 1.84. The van der Waals surface area contributed by atoms with Gasteiger partial charge in [-0.1, -0.05) is 56.3 Å². The van der Waals surface area contributed by atoms with Gasteiger partial charge in [-0.25, -0.2) is 9.97 Å². The SMILES string of the molecule is C=C(Cc1cccc(C)c1)Nc1ccc(Oc2cc(NC(=C)CCC)ncn2)cc1. The molecule has 30 heavy (non-hydrogen) atoms. The first-order valence-electron chi connectivity index (χ1n) is 10.1. The minimum atomic E-state index is 0.473. The second-order valence-electron chi connectivity index (χ2n) is 7.24. The predicted octanol–water partition coefficient (Wildman–Crippen LogP) is 6.47. The van der Waals surface area contributed by atoms with Crippen molar-refractivity contribution >= 4 is 11.5 Å². The molecule has 0 saturated carbocycles. The minimum absolute atomic E-state index is 0.473. The smallest absolute Gasteiger partial charge is 0.224 e. The number of hydrogen-bond acceptors (Lipinski definition) is 5. The van der Waals surface area contributed by atoms with E-state index in [0.29, 0.717) is 17.4 Å². The Hall–Kier alpha value is -3.60. The normalized spacial score (nSPS) is 10.3. The van der Waals surface area contributed by atoms with Gasteiger partial charge in [-0.3, -0.25) is 0 Å². The van der Waals surface area contributed by atoms with Gasteiger partial charge in [-0.2, -0.15) is 0 Å². The lowest BCUT2D eigenvalue weighted by Crippen LogP contribution is -2.02. The average molecular weight is 401 g/mol. The van der Waals surface area contributed by atoms with Crippen LogP contribution in [-0.2, 0) is 6.42 Å². The molecule has 154 valence electrons. The quantitative estimate of drug-likeness (QED) is 0.408. The number of nitrogens with one attached hydrogen (secondary N) is 2. The van der Waals surface area contributed by atoms with Gasteiger partial charge in [0.15, 0.2) is 0 Å². The Balaban J connectivity index is 1.56. The van der Waals surface area contributed by atoms with E-state index in [9.17, 15) is 0 Å². The highest BCUT2D eigenvalue weighted by Crippen LogP contribution is 2.24. The summed E-state index contributed by atoms with van der Waals surface area (Å²) >= 11 is 0. The second kappa shape index (κ2) is 10.3. The van der Waals surface area contributed by atoms with E-state index in [2.05, 4.69) is 71.9 Å². The molecule has 1 aromatic heterocycles. The van der Waals surface area contributed by atoms with Crippen molar-refractivity contribution in [3.63, 3.8) is 0 Å². The molecule has 3 rings (SSSR count). The molecule has 2 N–H and O–H groups in total. The van der Waals surface area contributed by atoms with E-state index in [1.807, 2.05) is 24.3 Å². The van der Waals surface area contributed by atoms with Crippen molar-refractivity contribution < 1.29 is 4.74 Å². The fourth-order valence-electron chi connectivity index (χ4n) is 3.05. The van der Waals surface area contributed by atoms with Gasteiger partial charge in [0, 0.05) is 29.6 Å². The largest absolute Gasteiger partial charge is 0.439 e. The van der Waals surface area contributed by atoms with E-state index in [0.717, 1.165) is 36.3 Å². The van der Waals surface area contributed by atoms with E-state index in [1.165, 1.54) is 17.5 Å². The summed E-state index contributed by atoms with van der Waals surface area (Å²) in [4.78, 5) is 8.39. The van der Waals surface area contributed by atoms with Crippen LogP contribution in [0.3, 0.4) is 0 Å². The third-order valence-corrected chi connectivity index (χ3v) is 4.40. The van der Waals surface area contributed by atoms with Crippen molar-refractivity contribution in [3.8, 4) is 11.6 Å². The first-order valence-corrected chi connectivity index (χ1v) is 10.1. The van der Waals surface area contributed by atoms with Crippen LogP contribution in [0, 0.1) is 6.92 Å². The zero-order valence-corrected chi connectivity index (χ0v) is 17.6.